The lowest BCUT2D eigenvalue weighted by Gasteiger charge is -2.23. The molecule has 0 bridgehead atoms. The third-order valence-electron chi connectivity index (χ3n) is 5.36. The Labute approximate surface area is 174 Å². The lowest BCUT2D eigenvalue weighted by Crippen LogP contribution is -2.27. The van der Waals surface area contributed by atoms with Crippen molar-refractivity contribution >= 4 is 11.4 Å². The molecule has 0 spiro atoms. The summed E-state index contributed by atoms with van der Waals surface area (Å²) in [5.74, 6) is 0. The molecular weight excluding hydrogens is 360 g/mol. The van der Waals surface area contributed by atoms with Gasteiger partial charge in [-0.25, -0.2) is 0 Å². The van der Waals surface area contributed by atoms with E-state index in [9.17, 15) is 0 Å². The fourth-order valence-electron chi connectivity index (χ4n) is 3.61. The average Bonchev–Trinajstić information content (AvgIpc) is 3.65. The number of nitrogens with zero attached hydrogens (tertiary/aromatic N) is 2. The van der Waals surface area contributed by atoms with Crippen molar-refractivity contribution in [2.75, 3.05) is 49.2 Å². The number of ether oxygens (including phenoxy) is 2. The highest BCUT2D eigenvalue weighted by Crippen LogP contribution is 2.23. The highest BCUT2D eigenvalue weighted by atomic mass is 16.6. The van der Waals surface area contributed by atoms with Crippen LogP contribution in [0, 0.1) is 0 Å². The van der Waals surface area contributed by atoms with Crippen molar-refractivity contribution < 1.29 is 9.47 Å². The molecule has 2 aromatic rings. The number of rotatable bonds is 12. The molecular formula is C25H30N2O2. The molecule has 2 unspecified atom stereocenters. The summed E-state index contributed by atoms with van der Waals surface area (Å²) in [4.78, 5) is 4.64. The third kappa shape index (κ3) is 5.72. The maximum absolute atomic E-state index is 5.38. The Morgan fingerprint density at radius 2 is 1.10 bits per heavy atom. The second-order valence-corrected chi connectivity index (χ2v) is 7.81. The molecule has 0 saturated carbocycles. The lowest BCUT2D eigenvalue weighted by atomic mass is 10.0. The van der Waals surface area contributed by atoms with E-state index in [-0.39, 0.29) is 0 Å². The first kappa shape index (κ1) is 19.7. The SMILES string of the molecule is C=CCN(CC1CO1)c1ccc(Cc2ccc(N(CC=C)CC3CO3)cc2)cc1. The molecule has 29 heavy (non-hydrogen) atoms. The summed E-state index contributed by atoms with van der Waals surface area (Å²) in [7, 11) is 0. The summed E-state index contributed by atoms with van der Waals surface area (Å²) in [5, 5.41) is 0. The molecule has 0 aliphatic carbocycles. The maximum Gasteiger partial charge on any atom is 0.0984 e. The predicted molar refractivity (Wildman–Crippen MR) is 120 cm³/mol. The van der Waals surface area contributed by atoms with Crippen molar-refractivity contribution in [3.05, 3.63) is 85.0 Å². The first-order valence-electron chi connectivity index (χ1n) is 10.4. The summed E-state index contributed by atoms with van der Waals surface area (Å²) < 4.78 is 10.8. The van der Waals surface area contributed by atoms with Crippen LogP contribution < -0.4 is 9.80 Å². The van der Waals surface area contributed by atoms with Crippen molar-refractivity contribution in [2.45, 2.75) is 18.6 Å². The minimum Gasteiger partial charge on any atom is -0.371 e. The first-order valence-corrected chi connectivity index (χ1v) is 10.4. The zero-order valence-electron chi connectivity index (χ0n) is 17.0. The molecule has 152 valence electrons. The molecule has 0 N–H and O–H groups in total. The van der Waals surface area contributed by atoms with Gasteiger partial charge in [0.25, 0.3) is 0 Å². The quantitative estimate of drug-likeness (QED) is 0.404. The Balaban J connectivity index is 1.38. The van der Waals surface area contributed by atoms with Gasteiger partial charge in [-0.05, 0) is 41.8 Å². The zero-order valence-corrected chi connectivity index (χ0v) is 17.0. The second-order valence-electron chi connectivity index (χ2n) is 7.81. The molecule has 2 aliphatic rings. The lowest BCUT2D eigenvalue weighted by molar-refractivity contribution is 0.408. The number of hydrogen-bond donors (Lipinski definition) is 0. The molecule has 0 amide bonds. The summed E-state index contributed by atoms with van der Waals surface area (Å²) in [6.45, 7) is 13.1. The van der Waals surface area contributed by atoms with E-state index in [0.29, 0.717) is 12.2 Å². The van der Waals surface area contributed by atoms with Crippen molar-refractivity contribution in [1.82, 2.24) is 0 Å². The van der Waals surface area contributed by atoms with Gasteiger partial charge in [-0.1, -0.05) is 36.4 Å². The van der Waals surface area contributed by atoms with Crippen LogP contribution in [0.1, 0.15) is 11.1 Å². The molecule has 2 atom stereocenters. The second kappa shape index (κ2) is 9.29. The summed E-state index contributed by atoms with van der Waals surface area (Å²) >= 11 is 0. The van der Waals surface area contributed by atoms with Crippen LogP contribution in [0.4, 0.5) is 11.4 Å². The standard InChI is InChI=1S/C25H30N2O2/c1-3-13-26(16-24-18-28-24)22-9-5-20(6-10-22)15-21-7-11-23(12-8-21)27(14-4-2)17-25-19-29-25/h3-12,24-25H,1-2,13-19H2. The summed E-state index contributed by atoms with van der Waals surface area (Å²) in [6, 6.07) is 17.7. The number of anilines is 2. The third-order valence-corrected chi connectivity index (χ3v) is 5.36. The van der Waals surface area contributed by atoms with Gasteiger partial charge in [0, 0.05) is 37.6 Å². The predicted octanol–water partition coefficient (Wildman–Crippen LogP) is 4.06. The molecule has 4 heteroatoms. The van der Waals surface area contributed by atoms with Crippen LogP contribution in [-0.4, -0.2) is 51.6 Å². The van der Waals surface area contributed by atoms with Crippen LogP contribution in [0.2, 0.25) is 0 Å². The maximum atomic E-state index is 5.38. The topological polar surface area (TPSA) is 31.5 Å². The van der Waals surface area contributed by atoms with Crippen LogP contribution in [0.5, 0.6) is 0 Å². The van der Waals surface area contributed by atoms with E-state index in [0.717, 1.165) is 45.8 Å². The molecule has 2 fully saturated rings. The minimum atomic E-state index is 0.375. The van der Waals surface area contributed by atoms with Gasteiger partial charge >= 0.3 is 0 Å². The van der Waals surface area contributed by atoms with E-state index >= 15 is 0 Å². The van der Waals surface area contributed by atoms with Gasteiger partial charge in [-0.2, -0.15) is 0 Å². The van der Waals surface area contributed by atoms with Gasteiger partial charge in [0.15, 0.2) is 0 Å². The highest BCUT2D eigenvalue weighted by Gasteiger charge is 2.26. The first-order chi connectivity index (χ1) is 14.2. The Kier molecular flexibility index (Phi) is 6.33. The van der Waals surface area contributed by atoms with E-state index in [2.05, 4.69) is 71.5 Å². The van der Waals surface area contributed by atoms with Crippen molar-refractivity contribution in [1.29, 1.82) is 0 Å². The smallest absolute Gasteiger partial charge is 0.0984 e. The molecule has 4 rings (SSSR count). The van der Waals surface area contributed by atoms with Gasteiger partial charge in [0.1, 0.15) is 0 Å². The fourth-order valence-corrected chi connectivity index (χ4v) is 3.61. The number of hydrogen-bond acceptors (Lipinski definition) is 4. The Bertz CT molecular complexity index is 738. The van der Waals surface area contributed by atoms with E-state index in [1.54, 1.807) is 0 Å². The molecule has 2 saturated heterocycles. The Morgan fingerprint density at radius 3 is 1.41 bits per heavy atom. The number of benzene rings is 2. The largest absolute Gasteiger partial charge is 0.371 e. The minimum absolute atomic E-state index is 0.375. The van der Waals surface area contributed by atoms with Gasteiger partial charge in [-0.3, -0.25) is 0 Å². The Morgan fingerprint density at radius 1 is 0.724 bits per heavy atom. The van der Waals surface area contributed by atoms with Gasteiger partial charge in [0.2, 0.25) is 0 Å². The molecule has 2 aromatic carbocycles. The van der Waals surface area contributed by atoms with Crippen LogP contribution in [0.3, 0.4) is 0 Å². The average molecular weight is 391 g/mol. The fraction of sp³-hybridized carbons (Fsp3) is 0.360. The summed E-state index contributed by atoms with van der Waals surface area (Å²) in [6.07, 6.45) is 5.58. The molecule has 4 nitrogen and oxygen atoms in total. The molecule has 2 aliphatic heterocycles. The van der Waals surface area contributed by atoms with Gasteiger partial charge < -0.3 is 19.3 Å². The van der Waals surface area contributed by atoms with Crippen LogP contribution in [0.15, 0.2) is 73.8 Å². The van der Waals surface area contributed by atoms with Crippen molar-refractivity contribution in [3.8, 4) is 0 Å². The Hall–Kier alpha value is -2.56. The highest BCUT2D eigenvalue weighted by molar-refractivity contribution is 5.51. The van der Waals surface area contributed by atoms with E-state index in [1.165, 1.54) is 22.5 Å². The summed E-state index contributed by atoms with van der Waals surface area (Å²) in [5.41, 5.74) is 5.08. The van der Waals surface area contributed by atoms with Gasteiger partial charge in [-0.15, -0.1) is 13.2 Å². The van der Waals surface area contributed by atoms with Crippen LogP contribution in [-0.2, 0) is 15.9 Å². The van der Waals surface area contributed by atoms with Crippen LogP contribution >= 0.6 is 0 Å². The molecule has 0 radical (unpaired) electrons. The van der Waals surface area contributed by atoms with Crippen molar-refractivity contribution in [2.24, 2.45) is 0 Å². The normalized spacial score (nSPS) is 19.4. The zero-order chi connectivity index (χ0) is 20.1. The monoisotopic (exact) mass is 390 g/mol. The van der Waals surface area contributed by atoms with Crippen LogP contribution in [0.25, 0.3) is 0 Å². The molecule has 2 heterocycles. The molecule has 0 aromatic heterocycles. The van der Waals surface area contributed by atoms with E-state index in [1.807, 2.05) is 12.2 Å². The van der Waals surface area contributed by atoms with Crippen molar-refractivity contribution in [3.63, 3.8) is 0 Å². The van der Waals surface area contributed by atoms with E-state index in [4.69, 9.17) is 9.47 Å². The number of epoxide rings is 2. The van der Waals surface area contributed by atoms with Gasteiger partial charge in [0.05, 0.1) is 25.4 Å². The van der Waals surface area contributed by atoms with E-state index < -0.39 is 0 Å².